The van der Waals surface area contributed by atoms with Gasteiger partial charge in [-0.25, -0.2) is 4.98 Å². The summed E-state index contributed by atoms with van der Waals surface area (Å²) in [5, 5.41) is 0.553. The predicted octanol–water partition coefficient (Wildman–Crippen LogP) is 5.91. The van der Waals surface area contributed by atoms with E-state index < -0.39 is 0 Å². The molecule has 0 N–H and O–H groups in total. The quantitative estimate of drug-likeness (QED) is 0.355. The Hall–Kier alpha value is -3.15. The minimum Gasteiger partial charge on any atom is -0.497 e. The van der Waals surface area contributed by atoms with Gasteiger partial charge >= 0.3 is 0 Å². The van der Waals surface area contributed by atoms with E-state index in [1.165, 1.54) is 0 Å². The highest BCUT2D eigenvalue weighted by Gasteiger charge is 2.30. The maximum atomic E-state index is 13.7. The highest BCUT2D eigenvalue weighted by atomic mass is 16.5. The van der Waals surface area contributed by atoms with Crippen LogP contribution in [-0.4, -0.2) is 34.0 Å². The lowest BCUT2D eigenvalue weighted by Crippen LogP contribution is -2.41. The van der Waals surface area contributed by atoms with Crippen molar-refractivity contribution < 1.29 is 9.53 Å². The summed E-state index contributed by atoms with van der Waals surface area (Å²) in [4.78, 5) is 34.2. The number of aromatic nitrogens is 2. The first-order valence-electron chi connectivity index (χ1n) is 12.4. The maximum Gasteiger partial charge on any atom is 0.266 e. The summed E-state index contributed by atoms with van der Waals surface area (Å²) in [5.74, 6) is 1.41. The third-order valence-corrected chi connectivity index (χ3v) is 6.47. The zero-order chi connectivity index (χ0) is 24.7. The lowest BCUT2D eigenvalue weighted by Gasteiger charge is -2.33. The molecule has 2 atom stereocenters. The van der Waals surface area contributed by atoms with E-state index in [4.69, 9.17) is 9.72 Å². The van der Waals surface area contributed by atoms with E-state index in [1.807, 2.05) is 54.3 Å². The molecule has 182 valence electrons. The zero-order valence-electron chi connectivity index (χ0n) is 21.1. The number of methoxy groups -OCH3 is 1. The summed E-state index contributed by atoms with van der Waals surface area (Å²) in [6.45, 7) is 8.90. The number of nitrogens with zero attached hydrogens (tertiary/aromatic N) is 3. The molecule has 0 fully saturated rings. The molecule has 0 saturated carbocycles. The fraction of sp³-hybridized carbons (Fsp3) is 0.464. The SMILES string of the molecule is CCCCC(CC)C(=O)N(CCC)C(C)c1nc2ccccc2c(=O)n1-c1ccc(OC)cc1. The first-order chi connectivity index (χ1) is 16.5. The Bertz CT molecular complexity index is 1150. The summed E-state index contributed by atoms with van der Waals surface area (Å²) in [6.07, 6.45) is 4.62. The second kappa shape index (κ2) is 11.8. The van der Waals surface area contributed by atoms with Gasteiger partial charge in [-0.1, -0.05) is 45.7 Å². The number of carbonyl (C=O) groups excluding carboxylic acids is 1. The molecule has 0 aliphatic heterocycles. The van der Waals surface area contributed by atoms with Crippen molar-refractivity contribution >= 4 is 16.8 Å². The van der Waals surface area contributed by atoms with E-state index in [1.54, 1.807) is 17.7 Å². The van der Waals surface area contributed by atoms with Crippen LogP contribution in [0.1, 0.15) is 71.7 Å². The molecule has 1 heterocycles. The van der Waals surface area contributed by atoms with Crippen molar-refractivity contribution in [2.24, 2.45) is 5.92 Å². The van der Waals surface area contributed by atoms with Gasteiger partial charge in [0.05, 0.1) is 29.7 Å². The van der Waals surface area contributed by atoms with E-state index in [2.05, 4.69) is 20.8 Å². The van der Waals surface area contributed by atoms with Gasteiger partial charge in [0.15, 0.2) is 0 Å². The molecule has 6 heteroatoms. The molecule has 0 aliphatic rings. The van der Waals surface area contributed by atoms with Gasteiger partial charge in [-0.3, -0.25) is 14.2 Å². The van der Waals surface area contributed by atoms with Crippen molar-refractivity contribution in [3.05, 3.63) is 64.7 Å². The van der Waals surface area contributed by atoms with E-state index >= 15 is 0 Å². The number of hydrogen-bond donors (Lipinski definition) is 0. The van der Waals surface area contributed by atoms with Gasteiger partial charge in [-0.15, -0.1) is 0 Å². The average molecular weight is 464 g/mol. The normalized spacial score (nSPS) is 13.0. The third-order valence-electron chi connectivity index (χ3n) is 6.47. The van der Waals surface area contributed by atoms with Crippen molar-refractivity contribution in [3.63, 3.8) is 0 Å². The minimum absolute atomic E-state index is 0.0180. The van der Waals surface area contributed by atoms with Gasteiger partial charge in [0, 0.05) is 12.5 Å². The lowest BCUT2D eigenvalue weighted by molar-refractivity contribution is -0.138. The van der Waals surface area contributed by atoms with Crippen LogP contribution in [0.4, 0.5) is 0 Å². The standard InChI is InChI=1S/C28H37N3O3/c1-6-9-12-21(8-3)27(32)30(19-7-2)20(4)26-29-25-14-11-10-13-24(25)28(33)31(26)22-15-17-23(34-5)18-16-22/h10-11,13-18,20-21H,6-9,12,19H2,1-5H3. The molecule has 2 unspecified atom stereocenters. The van der Waals surface area contributed by atoms with Gasteiger partial charge in [0.25, 0.3) is 5.56 Å². The van der Waals surface area contributed by atoms with Crippen LogP contribution in [-0.2, 0) is 4.79 Å². The largest absolute Gasteiger partial charge is 0.497 e. The highest BCUT2D eigenvalue weighted by molar-refractivity contribution is 5.80. The number of unbranched alkanes of at least 4 members (excludes halogenated alkanes) is 1. The molecular weight excluding hydrogens is 426 g/mol. The molecule has 0 spiro atoms. The molecule has 6 nitrogen and oxygen atoms in total. The van der Waals surface area contributed by atoms with Crippen LogP contribution in [0, 0.1) is 5.92 Å². The van der Waals surface area contributed by atoms with Gasteiger partial charge in [-0.05, 0) is 62.6 Å². The number of hydrogen-bond acceptors (Lipinski definition) is 4. The van der Waals surface area contributed by atoms with Crippen molar-refractivity contribution in [2.45, 2.75) is 65.8 Å². The van der Waals surface area contributed by atoms with Crippen molar-refractivity contribution in [1.82, 2.24) is 14.5 Å². The molecule has 0 saturated heterocycles. The molecular formula is C28H37N3O3. The first-order valence-corrected chi connectivity index (χ1v) is 12.4. The predicted molar refractivity (Wildman–Crippen MR) is 138 cm³/mol. The van der Waals surface area contributed by atoms with Gasteiger partial charge in [0.2, 0.25) is 5.91 Å². The number of fused-ring (bicyclic) bond motifs is 1. The Morgan fingerprint density at radius 2 is 1.76 bits per heavy atom. The molecule has 3 aromatic rings. The van der Waals surface area contributed by atoms with Crippen LogP contribution < -0.4 is 10.3 Å². The van der Waals surface area contributed by atoms with Crippen LogP contribution in [0.5, 0.6) is 5.75 Å². The third kappa shape index (κ3) is 5.32. The van der Waals surface area contributed by atoms with E-state index in [-0.39, 0.29) is 23.4 Å². The molecule has 1 amide bonds. The minimum atomic E-state index is -0.359. The van der Waals surface area contributed by atoms with E-state index in [0.717, 1.165) is 32.1 Å². The lowest BCUT2D eigenvalue weighted by atomic mass is 9.96. The number of carbonyl (C=O) groups is 1. The number of amides is 1. The summed E-state index contributed by atoms with van der Waals surface area (Å²) < 4.78 is 6.95. The van der Waals surface area contributed by atoms with Crippen LogP contribution in [0.3, 0.4) is 0 Å². The molecule has 1 aromatic heterocycles. The molecule has 3 rings (SSSR count). The fourth-order valence-electron chi connectivity index (χ4n) is 4.47. The van der Waals surface area contributed by atoms with Crippen molar-refractivity contribution in [1.29, 1.82) is 0 Å². The topological polar surface area (TPSA) is 64.4 Å². The number of benzene rings is 2. The average Bonchev–Trinajstić information content (AvgIpc) is 2.87. The van der Waals surface area contributed by atoms with E-state index in [9.17, 15) is 9.59 Å². The Morgan fingerprint density at radius 1 is 1.06 bits per heavy atom. The first kappa shape index (κ1) is 25.5. The summed E-state index contributed by atoms with van der Waals surface area (Å²) in [5.41, 5.74) is 1.20. The number of para-hydroxylation sites is 1. The van der Waals surface area contributed by atoms with Crippen LogP contribution in [0.25, 0.3) is 16.6 Å². The molecule has 0 radical (unpaired) electrons. The van der Waals surface area contributed by atoms with Crippen molar-refractivity contribution in [3.8, 4) is 11.4 Å². The van der Waals surface area contributed by atoms with Gasteiger partial charge in [0.1, 0.15) is 11.6 Å². The molecule has 34 heavy (non-hydrogen) atoms. The number of ether oxygens (including phenoxy) is 1. The summed E-state index contributed by atoms with van der Waals surface area (Å²) in [7, 11) is 1.61. The second-order valence-corrected chi connectivity index (χ2v) is 8.78. The van der Waals surface area contributed by atoms with E-state index in [0.29, 0.717) is 34.7 Å². The fourth-order valence-corrected chi connectivity index (χ4v) is 4.47. The zero-order valence-corrected chi connectivity index (χ0v) is 21.1. The highest BCUT2D eigenvalue weighted by Crippen LogP contribution is 2.27. The van der Waals surface area contributed by atoms with Crippen LogP contribution in [0.15, 0.2) is 53.3 Å². The monoisotopic (exact) mass is 463 g/mol. The summed E-state index contributed by atoms with van der Waals surface area (Å²) in [6, 6.07) is 14.4. The Morgan fingerprint density at radius 3 is 2.38 bits per heavy atom. The van der Waals surface area contributed by atoms with Crippen LogP contribution in [0.2, 0.25) is 0 Å². The second-order valence-electron chi connectivity index (χ2n) is 8.78. The van der Waals surface area contributed by atoms with Crippen LogP contribution >= 0.6 is 0 Å². The smallest absolute Gasteiger partial charge is 0.266 e. The van der Waals surface area contributed by atoms with Crippen molar-refractivity contribution in [2.75, 3.05) is 13.7 Å². The summed E-state index contributed by atoms with van der Waals surface area (Å²) >= 11 is 0. The number of rotatable bonds is 11. The van der Waals surface area contributed by atoms with Gasteiger partial charge < -0.3 is 9.64 Å². The Kier molecular flexibility index (Phi) is 8.85. The molecule has 0 aliphatic carbocycles. The maximum absolute atomic E-state index is 13.7. The molecule has 0 bridgehead atoms. The Labute approximate surface area is 202 Å². The van der Waals surface area contributed by atoms with Gasteiger partial charge in [-0.2, -0.15) is 0 Å². The molecule has 2 aromatic carbocycles. The Balaban J connectivity index is 2.16.